The van der Waals surface area contributed by atoms with Crippen LogP contribution in [-0.2, 0) is 11.2 Å². The summed E-state index contributed by atoms with van der Waals surface area (Å²) in [7, 11) is 1.37. The van der Waals surface area contributed by atoms with E-state index in [1.165, 1.54) is 19.2 Å². The number of halogens is 2. The number of methoxy groups -OCH3 is 1. The van der Waals surface area contributed by atoms with Crippen molar-refractivity contribution >= 4 is 17.6 Å². The van der Waals surface area contributed by atoms with Crippen LogP contribution in [0.15, 0.2) is 12.1 Å². The summed E-state index contributed by atoms with van der Waals surface area (Å²) >= 11 is 5.67. The van der Waals surface area contributed by atoms with Crippen LogP contribution in [0.3, 0.4) is 0 Å². The topological polar surface area (TPSA) is 46.5 Å². The quantitative estimate of drug-likeness (QED) is 0.868. The van der Waals surface area contributed by atoms with Crippen LogP contribution in [0.4, 0.5) is 4.39 Å². The number of ether oxygens (including phenoxy) is 1. The SMILES string of the molecule is COc1c(CCC(=O)O)ccc(F)c1Cl. The molecule has 0 unspecified atom stereocenters. The van der Waals surface area contributed by atoms with Crippen molar-refractivity contribution in [1.29, 1.82) is 0 Å². The van der Waals surface area contributed by atoms with E-state index in [0.29, 0.717) is 5.56 Å². The first kappa shape index (κ1) is 11.8. The predicted octanol–water partition coefficient (Wildman–Crippen LogP) is 2.50. The van der Waals surface area contributed by atoms with Gasteiger partial charge in [0, 0.05) is 6.42 Å². The van der Waals surface area contributed by atoms with Crippen molar-refractivity contribution in [3.05, 3.63) is 28.5 Å². The highest BCUT2D eigenvalue weighted by molar-refractivity contribution is 6.32. The summed E-state index contributed by atoms with van der Waals surface area (Å²) in [5.41, 5.74) is 0.589. The van der Waals surface area contributed by atoms with E-state index in [9.17, 15) is 9.18 Å². The second kappa shape index (κ2) is 4.98. The van der Waals surface area contributed by atoms with Gasteiger partial charge in [-0.2, -0.15) is 0 Å². The maximum atomic E-state index is 13.0. The van der Waals surface area contributed by atoms with E-state index in [1.807, 2.05) is 0 Å². The Hall–Kier alpha value is -1.29. The molecule has 1 N–H and O–H groups in total. The normalized spacial score (nSPS) is 10.1. The van der Waals surface area contributed by atoms with Gasteiger partial charge >= 0.3 is 5.97 Å². The van der Waals surface area contributed by atoms with Crippen LogP contribution >= 0.6 is 11.6 Å². The molecule has 0 amide bonds. The zero-order chi connectivity index (χ0) is 11.4. The molecule has 0 bridgehead atoms. The van der Waals surface area contributed by atoms with Crippen LogP contribution in [0.5, 0.6) is 5.75 Å². The maximum Gasteiger partial charge on any atom is 0.303 e. The molecule has 0 fully saturated rings. The predicted molar refractivity (Wildman–Crippen MR) is 53.9 cm³/mol. The van der Waals surface area contributed by atoms with Crippen LogP contribution < -0.4 is 4.74 Å². The van der Waals surface area contributed by atoms with Crippen LogP contribution in [0.25, 0.3) is 0 Å². The number of hydrogen-bond acceptors (Lipinski definition) is 2. The molecule has 0 heterocycles. The van der Waals surface area contributed by atoms with Gasteiger partial charge in [-0.1, -0.05) is 17.7 Å². The van der Waals surface area contributed by atoms with Crippen LogP contribution in [0.2, 0.25) is 5.02 Å². The molecular weight excluding hydrogens is 223 g/mol. The smallest absolute Gasteiger partial charge is 0.303 e. The van der Waals surface area contributed by atoms with E-state index in [-0.39, 0.29) is 23.6 Å². The van der Waals surface area contributed by atoms with Crippen molar-refractivity contribution in [2.45, 2.75) is 12.8 Å². The number of aliphatic carboxylic acids is 1. The van der Waals surface area contributed by atoms with Crippen LogP contribution in [0, 0.1) is 5.82 Å². The first-order valence-electron chi connectivity index (χ1n) is 4.29. The van der Waals surface area contributed by atoms with Crippen LogP contribution in [0.1, 0.15) is 12.0 Å². The summed E-state index contributed by atoms with van der Waals surface area (Å²) < 4.78 is 17.9. The Morgan fingerprint density at radius 2 is 2.27 bits per heavy atom. The standard InChI is InChI=1S/C10H10ClFO3/c1-15-10-6(3-5-8(13)14)2-4-7(12)9(10)11/h2,4H,3,5H2,1H3,(H,13,14). The highest BCUT2D eigenvalue weighted by Crippen LogP contribution is 2.31. The molecular formula is C10H10ClFO3. The third-order valence-corrected chi connectivity index (χ3v) is 2.30. The number of carboxylic acid groups (broad SMARTS) is 1. The third kappa shape index (κ3) is 2.83. The molecule has 0 spiro atoms. The second-order valence-corrected chi connectivity index (χ2v) is 3.33. The minimum atomic E-state index is -0.919. The molecule has 15 heavy (non-hydrogen) atoms. The van der Waals surface area contributed by atoms with Gasteiger partial charge in [-0.05, 0) is 18.1 Å². The van der Waals surface area contributed by atoms with Gasteiger partial charge in [-0.15, -0.1) is 0 Å². The lowest BCUT2D eigenvalue weighted by molar-refractivity contribution is -0.136. The average molecular weight is 233 g/mol. The van der Waals surface area contributed by atoms with E-state index in [4.69, 9.17) is 21.4 Å². The van der Waals surface area contributed by atoms with Crippen molar-refractivity contribution in [3.8, 4) is 5.75 Å². The van der Waals surface area contributed by atoms with Crippen LogP contribution in [-0.4, -0.2) is 18.2 Å². The van der Waals surface area contributed by atoms with Gasteiger partial charge in [-0.25, -0.2) is 4.39 Å². The van der Waals surface area contributed by atoms with Crippen molar-refractivity contribution in [3.63, 3.8) is 0 Å². The fourth-order valence-electron chi connectivity index (χ4n) is 1.23. The van der Waals surface area contributed by atoms with E-state index in [0.717, 1.165) is 0 Å². The van der Waals surface area contributed by atoms with Crippen molar-refractivity contribution < 1.29 is 19.0 Å². The van der Waals surface area contributed by atoms with Gasteiger partial charge in [0.25, 0.3) is 0 Å². The number of benzene rings is 1. The lowest BCUT2D eigenvalue weighted by atomic mass is 10.1. The van der Waals surface area contributed by atoms with E-state index in [1.54, 1.807) is 0 Å². The molecule has 0 aromatic heterocycles. The van der Waals surface area contributed by atoms with E-state index < -0.39 is 11.8 Å². The van der Waals surface area contributed by atoms with Crippen molar-refractivity contribution in [2.75, 3.05) is 7.11 Å². The zero-order valence-corrected chi connectivity index (χ0v) is 8.84. The Balaban J connectivity index is 2.97. The Kier molecular flexibility index (Phi) is 3.91. The highest BCUT2D eigenvalue weighted by atomic mass is 35.5. The Morgan fingerprint density at radius 1 is 1.60 bits per heavy atom. The fraction of sp³-hybridized carbons (Fsp3) is 0.300. The molecule has 0 saturated carbocycles. The molecule has 5 heteroatoms. The summed E-state index contributed by atoms with van der Waals surface area (Å²) in [5, 5.41) is 8.40. The van der Waals surface area contributed by atoms with Gasteiger partial charge in [0.15, 0.2) is 0 Å². The number of aryl methyl sites for hydroxylation is 1. The second-order valence-electron chi connectivity index (χ2n) is 2.95. The summed E-state index contributed by atoms with van der Waals surface area (Å²) in [5.74, 6) is -1.29. The minimum Gasteiger partial charge on any atom is -0.495 e. The van der Waals surface area contributed by atoms with Gasteiger partial charge in [0.1, 0.15) is 16.6 Å². The van der Waals surface area contributed by atoms with Gasteiger partial charge in [0.2, 0.25) is 0 Å². The number of rotatable bonds is 4. The molecule has 3 nitrogen and oxygen atoms in total. The van der Waals surface area contributed by atoms with E-state index in [2.05, 4.69) is 0 Å². The van der Waals surface area contributed by atoms with Gasteiger partial charge in [-0.3, -0.25) is 4.79 Å². The zero-order valence-electron chi connectivity index (χ0n) is 8.09. The number of carboxylic acids is 1. The largest absolute Gasteiger partial charge is 0.495 e. The van der Waals surface area contributed by atoms with Gasteiger partial charge < -0.3 is 9.84 Å². The molecule has 82 valence electrons. The Bertz CT molecular complexity index is 379. The lowest BCUT2D eigenvalue weighted by Crippen LogP contribution is -2.00. The number of hydrogen-bond donors (Lipinski definition) is 1. The lowest BCUT2D eigenvalue weighted by Gasteiger charge is -2.09. The van der Waals surface area contributed by atoms with Crippen molar-refractivity contribution in [2.24, 2.45) is 0 Å². The molecule has 0 atom stereocenters. The molecule has 1 aromatic rings. The summed E-state index contributed by atoms with van der Waals surface area (Å²) in [6, 6.07) is 2.67. The minimum absolute atomic E-state index is 0.0433. The molecule has 0 radical (unpaired) electrons. The Morgan fingerprint density at radius 3 is 2.80 bits per heavy atom. The number of carbonyl (C=O) groups is 1. The maximum absolute atomic E-state index is 13.0. The van der Waals surface area contributed by atoms with Crippen molar-refractivity contribution in [1.82, 2.24) is 0 Å². The Labute approximate surface area is 91.4 Å². The molecule has 0 aliphatic rings. The van der Waals surface area contributed by atoms with Gasteiger partial charge in [0.05, 0.1) is 7.11 Å². The van der Waals surface area contributed by atoms with E-state index >= 15 is 0 Å². The summed E-state index contributed by atoms with van der Waals surface area (Å²) in [6.07, 6.45) is 0.219. The summed E-state index contributed by atoms with van der Waals surface area (Å²) in [6.45, 7) is 0. The molecule has 0 aliphatic carbocycles. The summed E-state index contributed by atoms with van der Waals surface area (Å²) in [4.78, 5) is 10.4. The average Bonchev–Trinajstić information content (AvgIpc) is 2.19. The highest BCUT2D eigenvalue weighted by Gasteiger charge is 2.13. The fourth-order valence-corrected chi connectivity index (χ4v) is 1.49. The molecule has 0 aliphatic heterocycles. The first-order valence-corrected chi connectivity index (χ1v) is 4.66. The molecule has 0 saturated heterocycles. The monoisotopic (exact) mass is 232 g/mol. The molecule has 1 aromatic carbocycles. The third-order valence-electron chi connectivity index (χ3n) is 1.94. The first-order chi connectivity index (χ1) is 7.06. The molecule has 1 rings (SSSR count).